The largest absolute Gasteiger partial charge is 0.416 e. The van der Waals surface area contributed by atoms with Gasteiger partial charge in [-0.3, -0.25) is 0 Å². The van der Waals surface area contributed by atoms with E-state index in [0.717, 1.165) is 24.3 Å². The van der Waals surface area contributed by atoms with Gasteiger partial charge >= 0.3 is 12.4 Å². The lowest BCUT2D eigenvalue weighted by atomic mass is 10.1. The molecule has 0 heterocycles. The molecule has 0 amide bonds. The maximum atomic E-state index is 12.2. The van der Waals surface area contributed by atoms with Crippen LogP contribution in [0.3, 0.4) is 0 Å². The quantitative estimate of drug-likeness (QED) is 0.462. The molecule has 0 spiro atoms. The fourth-order valence-electron chi connectivity index (χ4n) is 1.88. The van der Waals surface area contributed by atoms with Crippen molar-refractivity contribution in [2.24, 2.45) is 0 Å². The number of nitrogens with two attached hydrogens (primary N) is 1. The zero-order valence-electron chi connectivity index (χ0n) is 13.0. The van der Waals surface area contributed by atoms with Gasteiger partial charge in [0.1, 0.15) is 0 Å². The third-order valence-corrected chi connectivity index (χ3v) is 3.45. The van der Waals surface area contributed by atoms with Crippen molar-refractivity contribution < 1.29 is 36.6 Å². The second-order valence-corrected chi connectivity index (χ2v) is 6.04. The first-order valence-electron chi connectivity index (χ1n) is 6.92. The maximum Gasteiger partial charge on any atom is 0.416 e. The summed E-state index contributed by atoms with van der Waals surface area (Å²) in [7, 11) is 0. The molecular formula is C16H14BrF6NO2. The summed E-state index contributed by atoms with van der Waals surface area (Å²) < 4.78 is 73.3. The number of alkyl halides is 6. The molecule has 4 N–H and O–H groups in total. The van der Waals surface area contributed by atoms with E-state index in [0.29, 0.717) is 4.47 Å². The van der Waals surface area contributed by atoms with Crippen LogP contribution in [-0.2, 0) is 25.6 Å². The molecule has 0 radical (unpaired) electrons. The zero-order valence-corrected chi connectivity index (χ0v) is 14.6. The van der Waals surface area contributed by atoms with Crippen LogP contribution in [-0.4, -0.2) is 10.2 Å². The average Bonchev–Trinajstić information content (AvgIpc) is 2.52. The van der Waals surface area contributed by atoms with Crippen LogP contribution in [0.1, 0.15) is 22.3 Å². The van der Waals surface area contributed by atoms with E-state index in [1.165, 1.54) is 12.1 Å². The van der Waals surface area contributed by atoms with Crippen LogP contribution in [0, 0.1) is 0 Å². The van der Waals surface area contributed by atoms with Crippen molar-refractivity contribution in [3.05, 3.63) is 63.1 Å². The first kappa shape index (κ1) is 22.3. The van der Waals surface area contributed by atoms with Crippen molar-refractivity contribution in [1.29, 1.82) is 0 Å². The number of halogens is 7. The third-order valence-electron chi connectivity index (χ3n) is 2.99. The number of rotatable bonds is 2. The fourth-order valence-corrected chi connectivity index (χ4v) is 2.42. The minimum atomic E-state index is -4.42. The maximum absolute atomic E-state index is 12.2. The van der Waals surface area contributed by atoms with Gasteiger partial charge in [0.15, 0.2) is 0 Å². The van der Waals surface area contributed by atoms with Crippen molar-refractivity contribution in [2.75, 3.05) is 5.73 Å². The van der Waals surface area contributed by atoms with Gasteiger partial charge in [0.25, 0.3) is 0 Å². The Morgan fingerprint density at radius 1 is 0.731 bits per heavy atom. The fraction of sp³-hybridized carbons (Fsp3) is 0.250. The molecule has 0 aromatic heterocycles. The Balaban J connectivity index is 0.000000260. The van der Waals surface area contributed by atoms with E-state index in [1.54, 1.807) is 0 Å². The molecule has 0 aliphatic rings. The number of aliphatic hydroxyl groups is 2. The Labute approximate surface area is 153 Å². The molecule has 3 nitrogen and oxygen atoms in total. The lowest BCUT2D eigenvalue weighted by molar-refractivity contribution is -0.138. The van der Waals surface area contributed by atoms with E-state index < -0.39 is 36.7 Å². The number of benzene rings is 2. The molecule has 0 saturated heterocycles. The normalized spacial score (nSPS) is 11.7. The van der Waals surface area contributed by atoms with Crippen LogP contribution in [0.5, 0.6) is 0 Å². The van der Waals surface area contributed by atoms with Gasteiger partial charge < -0.3 is 15.9 Å². The minimum Gasteiger partial charge on any atom is -0.399 e. The molecule has 0 atom stereocenters. The Morgan fingerprint density at radius 3 is 1.58 bits per heavy atom. The van der Waals surface area contributed by atoms with E-state index >= 15 is 0 Å². The van der Waals surface area contributed by atoms with Crippen LogP contribution in [0.15, 0.2) is 40.9 Å². The van der Waals surface area contributed by atoms with Crippen molar-refractivity contribution in [1.82, 2.24) is 0 Å². The highest BCUT2D eigenvalue weighted by Crippen LogP contribution is 2.32. The predicted octanol–water partition coefficient (Wildman–Crippen LogP) is 4.74. The summed E-state index contributed by atoms with van der Waals surface area (Å²) in [5.74, 6) is 0. The summed E-state index contributed by atoms with van der Waals surface area (Å²) in [4.78, 5) is 0. The van der Waals surface area contributed by atoms with Crippen LogP contribution in [0.25, 0.3) is 0 Å². The highest BCUT2D eigenvalue weighted by Gasteiger charge is 2.31. The number of hydrogen-bond acceptors (Lipinski definition) is 3. The first-order chi connectivity index (χ1) is 11.9. The van der Waals surface area contributed by atoms with Gasteiger partial charge in [0.2, 0.25) is 0 Å². The molecule has 0 saturated carbocycles. The number of nitrogen functional groups attached to an aromatic ring is 1. The highest BCUT2D eigenvalue weighted by atomic mass is 79.9. The molecule has 144 valence electrons. The van der Waals surface area contributed by atoms with Crippen LogP contribution in [0.4, 0.5) is 32.0 Å². The van der Waals surface area contributed by atoms with E-state index in [9.17, 15) is 26.3 Å². The summed E-state index contributed by atoms with van der Waals surface area (Å²) >= 11 is 2.94. The molecule has 26 heavy (non-hydrogen) atoms. The van der Waals surface area contributed by atoms with Gasteiger partial charge in [-0.2, -0.15) is 26.3 Å². The van der Waals surface area contributed by atoms with E-state index in [2.05, 4.69) is 15.9 Å². The second-order valence-electron chi connectivity index (χ2n) is 5.12. The van der Waals surface area contributed by atoms with Gasteiger partial charge in [-0.25, -0.2) is 0 Å². The molecule has 0 fully saturated rings. The molecule has 2 aromatic rings. The van der Waals surface area contributed by atoms with E-state index in [-0.39, 0.29) is 16.8 Å². The number of aliphatic hydroxyl groups excluding tert-OH is 2. The average molecular weight is 446 g/mol. The van der Waals surface area contributed by atoms with Gasteiger partial charge in [0, 0.05) is 10.2 Å². The lowest BCUT2D eigenvalue weighted by Gasteiger charge is -2.08. The Kier molecular flexibility index (Phi) is 7.48. The molecule has 0 bridgehead atoms. The summed E-state index contributed by atoms with van der Waals surface area (Å²) in [5, 5.41) is 17.3. The van der Waals surface area contributed by atoms with Crippen molar-refractivity contribution in [3.63, 3.8) is 0 Å². The summed E-state index contributed by atoms with van der Waals surface area (Å²) in [6.07, 6.45) is -8.78. The summed E-state index contributed by atoms with van der Waals surface area (Å²) in [5.41, 5.74) is 4.02. The Hall–Kier alpha value is -1.78. The molecule has 2 aromatic carbocycles. The van der Waals surface area contributed by atoms with E-state index in [4.69, 9.17) is 15.9 Å². The third kappa shape index (κ3) is 6.85. The standard InChI is InChI=1S/C8H6BrF3O.C8H8F3NO/c9-7-2-5(4-13)1-6(3-7)8(10,11)12;9-8(10,11)6-1-5(4-13)2-7(12)3-6/h1-3,13H,4H2;1-3,13H,4,12H2. The lowest BCUT2D eigenvalue weighted by Crippen LogP contribution is -2.06. The second kappa shape index (κ2) is 8.74. The zero-order chi connectivity index (χ0) is 20.1. The van der Waals surface area contributed by atoms with Crippen molar-refractivity contribution >= 4 is 21.6 Å². The highest BCUT2D eigenvalue weighted by molar-refractivity contribution is 9.10. The molecule has 0 aliphatic heterocycles. The SMILES string of the molecule is Nc1cc(CO)cc(C(F)(F)F)c1.OCc1cc(Br)cc(C(F)(F)F)c1. The van der Waals surface area contributed by atoms with Gasteiger partial charge in [-0.1, -0.05) is 15.9 Å². The Bertz CT molecular complexity index is 683. The van der Waals surface area contributed by atoms with Crippen LogP contribution < -0.4 is 5.73 Å². The van der Waals surface area contributed by atoms with Crippen LogP contribution in [0.2, 0.25) is 0 Å². The van der Waals surface area contributed by atoms with Crippen molar-refractivity contribution in [3.8, 4) is 0 Å². The van der Waals surface area contributed by atoms with Crippen LogP contribution >= 0.6 is 15.9 Å². The van der Waals surface area contributed by atoms with Gasteiger partial charge in [-0.15, -0.1) is 0 Å². The number of hydrogen-bond donors (Lipinski definition) is 3. The Morgan fingerprint density at radius 2 is 1.15 bits per heavy atom. The topological polar surface area (TPSA) is 66.5 Å². The molecule has 0 unspecified atom stereocenters. The van der Waals surface area contributed by atoms with Gasteiger partial charge in [0.05, 0.1) is 24.3 Å². The molecule has 0 aliphatic carbocycles. The van der Waals surface area contributed by atoms with Crippen molar-refractivity contribution in [2.45, 2.75) is 25.6 Å². The van der Waals surface area contributed by atoms with E-state index in [1.807, 2.05) is 0 Å². The first-order valence-corrected chi connectivity index (χ1v) is 7.71. The predicted molar refractivity (Wildman–Crippen MR) is 86.8 cm³/mol. The summed E-state index contributed by atoms with van der Waals surface area (Å²) in [6.45, 7) is -0.851. The molecular weight excluding hydrogens is 432 g/mol. The van der Waals surface area contributed by atoms with Gasteiger partial charge in [-0.05, 0) is 47.5 Å². The molecule has 10 heteroatoms. The smallest absolute Gasteiger partial charge is 0.399 e. The monoisotopic (exact) mass is 445 g/mol. The minimum absolute atomic E-state index is 0.00104. The summed E-state index contributed by atoms with van der Waals surface area (Å²) in [6, 6.07) is 6.34. The number of anilines is 1. The molecule has 2 rings (SSSR count).